The number of likely N-dealkylation sites (tertiary alicyclic amines) is 1. The van der Waals surface area contributed by atoms with Crippen LogP contribution in [-0.2, 0) is 0 Å². The van der Waals surface area contributed by atoms with E-state index in [2.05, 4.69) is 0 Å². The van der Waals surface area contributed by atoms with Crippen molar-refractivity contribution in [3.8, 4) is 28.7 Å². The molecule has 31 heavy (non-hydrogen) atoms. The van der Waals surface area contributed by atoms with Gasteiger partial charge in [-0.05, 0) is 49.4 Å². The zero-order valence-electron chi connectivity index (χ0n) is 18.4. The molecule has 0 radical (unpaired) electrons. The van der Waals surface area contributed by atoms with E-state index in [1.165, 1.54) is 0 Å². The molecule has 3 atom stereocenters. The number of hydrogen-bond acceptors (Lipinski definition) is 6. The fourth-order valence-corrected chi connectivity index (χ4v) is 4.85. The molecule has 2 aromatic carbocycles. The smallest absolute Gasteiger partial charge is 0.254 e. The normalized spacial score (nSPS) is 21.7. The van der Waals surface area contributed by atoms with E-state index in [-0.39, 0.29) is 18.0 Å². The first-order chi connectivity index (χ1) is 15.1. The molecule has 1 heterocycles. The van der Waals surface area contributed by atoms with Crippen molar-refractivity contribution in [3.63, 3.8) is 0 Å². The fraction of sp³-hybridized carbons (Fsp3) is 0.458. The van der Waals surface area contributed by atoms with Crippen LogP contribution in [0.2, 0.25) is 0 Å². The zero-order valence-corrected chi connectivity index (χ0v) is 18.4. The first-order valence-corrected chi connectivity index (χ1v) is 10.5. The van der Waals surface area contributed by atoms with Gasteiger partial charge >= 0.3 is 0 Å². The zero-order chi connectivity index (χ0) is 22.0. The summed E-state index contributed by atoms with van der Waals surface area (Å²) in [6, 6.07) is 11.2. The van der Waals surface area contributed by atoms with Crippen LogP contribution in [0.1, 0.15) is 29.6 Å². The lowest BCUT2D eigenvalue weighted by Gasteiger charge is -2.35. The molecule has 1 amide bonds. The van der Waals surface area contributed by atoms with Crippen molar-refractivity contribution in [1.82, 2.24) is 4.90 Å². The van der Waals surface area contributed by atoms with E-state index in [0.29, 0.717) is 35.3 Å². The first kappa shape index (κ1) is 21.2. The van der Waals surface area contributed by atoms with Crippen molar-refractivity contribution in [2.24, 2.45) is 5.92 Å². The molecule has 7 heteroatoms. The Kier molecular flexibility index (Phi) is 6.11. The number of amides is 1. The van der Waals surface area contributed by atoms with Crippen LogP contribution in [-0.4, -0.2) is 57.9 Å². The van der Waals surface area contributed by atoms with Crippen LogP contribution in [0, 0.1) is 5.92 Å². The molecule has 0 N–H and O–H groups in total. The molecular weight excluding hydrogens is 398 g/mol. The summed E-state index contributed by atoms with van der Waals surface area (Å²) >= 11 is 0. The molecule has 1 aliphatic carbocycles. The number of fused-ring (bicyclic) bond motifs is 2. The molecule has 0 spiro atoms. The summed E-state index contributed by atoms with van der Waals surface area (Å²) in [5.41, 5.74) is 0.522. The minimum Gasteiger partial charge on any atom is -0.497 e. The number of nitrogens with zero attached hydrogens (tertiary/aromatic N) is 1. The summed E-state index contributed by atoms with van der Waals surface area (Å²) in [6.07, 6.45) is 3.16. The summed E-state index contributed by atoms with van der Waals surface area (Å²) < 4.78 is 27.6. The minimum absolute atomic E-state index is 0.0246. The van der Waals surface area contributed by atoms with Crippen molar-refractivity contribution < 1.29 is 28.5 Å². The Morgan fingerprint density at radius 2 is 1.65 bits per heavy atom. The molecule has 166 valence electrons. The molecule has 2 fully saturated rings. The third-order valence-corrected chi connectivity index (χ3v) is 6.35. The average Bonchev–Trinajstić information content (AvgIpc) is 3.43. The van der Waals surface area contributed by atoms with Gasteiger partial charge in [0.25, 0.3) is 5.91 Å². The van der Waals surface area contributed by atoms with Crippen LogP contribution in [0.15, 0.2) is 36.4 Å². The van der Waals surface area contributed by atoms with Gasteiger partial charge in [0.15, 0.2) is 11.5 Å². The van der Waals surface area contributed by atoms with Gasteiger partial charge in [-0.2, -0.15) is 0 Å². The van der Waals surface area contributed by atoms with Gasteiger partial charge in [0.05, 0.1) is 34.5 Å². The third kappa shape index (κ3) is 3.96. The molecule has 0 aromatic heterocycles. The molecular formula is C24H29NO6. The van der Waals surface area contributed by atoms with Gasteiger partial charge in [-0.1, -0.05) is 6.07 Å². The highest BCUT2D eigenvalue weighted by molar-refractivity contribution is 5.96. The van der Waals surface area contributed by atoms with Crippen LogP contribution in [0.25, 0.3) is 0 Å². The van der Waals surface area contributed by atoms with Gasteiger partial charge in [0.1, 0.15) is 18.1 Å². The van der Waals surface area contributed by atoms with E-state index in [1.54, 1.807) is 40.6 Å². The molecule has 7 nitrogen and oxygen atoms in total. The second-order valence-corrected chi connectivity index (χ2v) is 7.91. The minimum atomic E-state index is -0.0364. The van der Waals surface area contributed by atoms with Gasteiger partial charge in [-0.3, -0.25) is 4.79 Å². The van der Waals surface area contributed by atoms with E-state index in [9.17, 15) is 4.79 Å². The number of carbonyl (C=O) groups is 1. The van der Waals surface area contributed by atoms with Crippen molar-refractivity contribution in [2.45, 2.75) is 31.3 Å². The Balaban J connectivity index is 1.57. The quantitative estimate of drug-likeness (QED) is 0.639. The SMILES string of the molecule is COc1cccc(OC[C@H]2[C@@H]3CC[C@H](C3)N2C(=O)c2cc(OC)c(OC)c(OC)c2)c1. The monoisotopic (exact) mass is 427 g/mol. The molecule has 1 saturated heterocycles. The first-order valence-electron chi connectivity index (χ1n) is 10.5. The van der Waals surface area contributed by atoms with E-state index in [4.69, 9.17) is 23.7 Å². The summed E-state index contributed by atoms with van der Waals surface area (Å²) in [5.74, 6) is 3.31. The third-order valence-electron chi connectivity index (χ3n) is 6.35. The highest BCUT2D eigenvalue weighted by Gasteiger charge is 2.48. The lowest BCUT2D eigenvalue weighted by atomic mass is 9.98. The molecule has 2 bridgehead atoms. The average molecular weight is 427 g/mol. The Morgan fingerprint density at radius 1 is 0.935 bits per heavy atom. The highest BCUT2D eigenvalue weighted by Crippen LogP contribution is 2.45. The summed E-state index contributed by atoms with van der Waals surface area (Å²) in [6.45, 7) is 0.449. The van der Waals surface area contributed by atoms with Crippen molar-refractivity contribution in [3.05, 3.63) is 42.0 Å². The largest absolute Gasteiger partial charge is 0.497 e. The van der Waals surface area contributed by atoms with Crippen LogP contribution in [0.3, 0.4) is 0 Å². The number of rotatable bonds is 8. The molecule has 0 unspecified atom stereocenters. The Hall–Kier alpha value is -3.09. The topological polar surface area (TPSA) is 66.5 Å². The second kappa shape index (κ2) is 8.96. The van der Waals surface area contributed by atoms with Crippen molar-refractivity contribution >= 4 is 5.91 Å². The van der Waals surface area contributed by atoms with Gasteiger partial charge in [-0.15, -0.1) is 0 Å². The Bertz CT molecular complexity index is 920. The van der Waals surface area contributed by atoms with E-state index >= 15 is 0 Å². The van der Waals surface area contributed by atoms with Crippen LogP contribution < -0.4 is 23.7 Å². The number of hydrogen-bond donors (Lipinski definition) is 0. The van der Waals surface area contributed by atoms with Gasteiger partial charge < -0.3 is 28.6 Å². The van der Waals surface area contributed by atoms with Gasteiger partial charge in [0, 0.05) is 17.7 Å². The molecule has 2 aliphatic rings. The van der Waals surface area contributed by atoms with Crippen molar-refractivity contribution in [1.29, 1.82) is 0 Å². The molecule has 1 saturated carbocycles. The van der Waals surface area contributed by atoms with Gasteiger partial charge in [0.2, 0.25) is 5.75 Å². The lowest BCUT2D eigenvalue weighted by molar-refractivity contribution is 0.0505. The van der Waals surface area contributed by atoms with Gasteiger partial charge in [-0.25, -0.2) is 0 Å². The van der Waals surface area contributed by atoms with E-state index < -0.39 is 0 Å². The molecule has 4 rings (SSSR count). The van der Waals surface area contributed by atoms with Crippen molar-refractivity contribution in [2.75, 3.05) is 35.0 Å². The highest BCUT2D eigenvalue weighted by atomic mass is 16.5. The molecule has 2 aromatic rings. The number of methoxy groups -OCH3 is 4. The summed E-state index contributed by atoms with van der Waals surface area (Å²) in [7, 11) is 6.28. The number of ether oxygens (including phenoxy) is 5. The lowest BCUT2D eigenvalue weighted by Crippen LogP contribution is -2.47. The van der Waals surface area contributed by atoms with E-state index in [0.717, 1.165) is 30.8 Å². The standard InChI is InChI=1S/C24H29NO6/c1-27-18-6-5-7-19(13-18)31-14-20-15-8-9-17(10-15)25(20)24(26)16-11-21(28-2)23(30-4)22(12-16)29-3/h5-7,11-13,15,17,20H,8-10,14H2,1-4H3/t15-,17-,20+/m1/s1. The molecule has 1 aliphatic heterocycles. The maximum absolute atomic E-state index is 13.6. The van der Waals surface area contributed by atoms with E-state index in [1.807, 2.05) is 29.2 Å². The summed E-state index contributed by atoms with van der Waals surface area (Å²) in [5, 5.41) is 0. The predicted molar refractivity (Wildman–Crippen MR) is 116 cm³/mol. The summed E-state index contributed by atoms with van der Waals surface area (Å²) in [4.78, 5) is 15.6. The Morgan fingerprint density at radius 3 is 2.29 bits per heavy atom. The number of carbonyl (C=O) groups excluding carboxylic acids is 1. The Labute approximate surface area is 182 Å². The maximum Gasteiger partial charge on any atom is 0.254 e. The van der Waals surface area contributed by atoms with Crippen LogP contribution >= 0.6 is 0 Å². The maximum atomic E-state index is 13.6. The second-order valence-electron chi connectivity index (χ2n) is 7.91. The predicted octanol–water partition coefficient (Wildman–Crippen LogP) is 3.79. The number of benzene rings is 2. The van der Waals surface area contributed by atoms with Crippen LogP contribution in [0.5, 0.6) is 28.7 Å². The fourth-order valence-electron chi connectivity index (χ4n) is 4.85. The van der Waals surface area contributed by atoms with Crippen LogP contribution in [0.4, 0.5) is 0 Å². The number of piperidine rings is 1.